The molecule has 2 aromatic heterocycles. The Morgan fingerprint density at radius 3 is 2.62 bits per heavy atom. The number of aliphatic carboxylic acids is 1. The fourth-order valence-corrected chi connectivity index (χ4v) is 4.86. The van der Waals surface area contributed by atoms with Crippen LogP contribution in [0.15, 0.2) is 43.0 Å². The molecule has 1 aliphatic heterocycles. The van der Waals surface area contributed by atoms with E-state index in [9.17, 15) is 29.4 Å². The Hall–Kier alpha value is -4.23. The average Bonchev–Trinajstić information content (AvgIpc) is 3.67. The van der Waals surface area contributed by atoms with Gasteiger partial charge >= 0.3 is 5.97 Å². The van der Waals surface area contributed by atoms with E-state index in [1.807, 2.05) is 24.3 Å². The van der Waals surface area contributed by atoms with Crippen molar-refractivity contribution in [3.63, 3.8) is 0 Å². The molecule has 1 fully saturated rings. The number of carbonyl (C=O) groups excluding carboxylic acids is 3. The van der Waals surface area contributed by atoms with E-state index in [4.69, 9.17) is 5.73 Å². The number of hydrogen-bond donors (Lipinski definition) is 7. The van der Waals surface area contributed by atoms with Crippen LogP contribution in [0.3, 0.4) is 0 Å². The molecule has 0 radical (unpaired) electrons. The second kappa shape index (κ2) is 12.1. The predicted octanol–water partition coefficient (Wildman–Crippen LogP) is -0.570. The molecule has 0 aliphatic carbocycles. The topological polar surface area (TPSA) is 207 Å². The Kier molecular flexibility index (Phi) is 8.62. The van der Waals surface area contributed by atoms with Gasteiger partial charge in [-0.3, -0.25) is 14.4 Å². The van der Waals surface area contributed by atoms with Gasteiger partial charge < -0.3 is 41.4 Å². The highest BCUT2D eigenvalue weighted by Gasteiger charge is 2.39. The number of aromatic nitrogens is 3. The van der Waals surface area contributed by atoms with Crippen molar-refractivity contribution in [1.82, 2.24) is 30.5 Å². The number of imidazole rings is 1. The summed E-state index contributed by atoms with van der Waals surface area (Å²) in [5, 5.41) is 25.9. The molecule has 13 nitrogen and oxygen atoms in total. The number of nitrogens with one attached hydrogen (secondary N) is 4. The lowest BCUT2D eigenvalue weighted by atomic mass is 10.0. The van der Waals surface area contributed by atoms with Crippen molar-refractivity contribution >= 4 is 34.6 Å². The minimum absolute atomic E-state index is 0.0667. The summed E-state index contributed by atoms with van der Waals surface area (Å²) in [4.78, 5) is 62.6. The zero-order valence-corrected chi connectivity index (χ0v) is 21.5. The minimum atomic E-state index is -1.41. The third-order valence-corrected chi connectivity index (χ3v) is 6.93. The van der Waals surface area contributed by atoms with Crippen LogP contribution in [0.2, 0.25) is 0 Å². The summed E-state index contributed by atoms with van der Waals surface area (Å²) in [6.07, 6.45) is 4.44. The highest BCUT2D eigenvalue weighted by Crippen LogP contribution is 2.23. The first-order valence-corrected chi connectivity index (χ1v) is 12.8. The van der Waals surface area contributed by atoms with Gasteiger partial charge in [0.25, 0.3) is 0 Å². The lowest BCUT2D eigenvalue weighted by molar-refractivity contribution is -0.149. The molecule has 3 aromatic rings. The molecule has 13 heteroatoms. The maximum atomic E-state index is 13.6. The monoisotopic (exact) mass is 539 g/mol. The van der Waals surface area contributed by atoms with E-state index in [2.05, 4.69) is 25.6 Å². The van der Waals surface area contributed by atoms with Crippen molar-refractivity contribution in [3.8, 4) is 0 Å². The lowest BCUT2D eigenvalue weighted by Gasteiger charge is -2.29. The van der Waals surface area contributed by atoms with Crippen LogP contribution in [0, 0.1) is 0 Å². The molecule has 39 heavy (non-hydrogen) atoms. The zero-order valence-electron chi connectivity index (χ0n) is 21.5. The van der Waals surface area contributed by atoms with Gasteiger partial charge in [0.2, 0.25) is 17.7 Å². The van der Waals surface area contributed by atoms with E-state index < -0.39 is 54.0 Å². The van der Waals surface area contributed by atoms with Crippen LogP contribution in [-0.2, 0) is 32.0 Å². The number of nitrogens with two attached hydrogens (primary N) is 1. The molecule has 8 N–H and O–H groups in total. The van der Waals surface area contributed by atoms with Crippen molar-refractivity contribution < 1.29 is 29.4 Å². The van der Waals surface area contributed by atoms with Gasteiger partial charge in [0.1, 0.15) is 18.1 Å². The quantitative estimate of drug-likeness (QED) is 0.167. The van der Waals surface area contributed by atoms with Crippen molar-refractivity contribution in [2.24, 2.45) is 5.73 Å². The third-order valence-electron chi connectivity index (χ3n) is 6.93. The SMILES string of the molecule is CC(O)C(NC(=O)C(N)Cc1cnc[nH]1)C(=O)NC(Cc1c[nH]c2ccccc12)C(=O)N1CCCC1C(=O)O. The Labute approximate surface area is 224 Å². The number of H-pyrrole nitrogens is 2. The van der Waals surface area contributed by atoms with E-state index in [0.717, 1.165) is 16.5 Å². The zero-order chi connectivity index (χ0) is 28.1. The standard InChI is InChI=1S/C26H33N7O6/c1-14(34)22(32-23(35)18(27)10-16-12-28-13-30-16)24(36)31-20(25(37)33-8-4-7-21(33)26(38)39)9-15-11-29-19-6-3-2-5-17(15)19/h2-3,5-6,11-14,18,20-22,29,34H,4,7-10,27H2,1H3,(H,28,30)(H,31,36)(H,32,35)(H,38,39). The average molecular weight is 540 g/mol. The summed E-state index contributed by atoms with van der Waals surface area (Å²) in [6, 6.07) is 2.90. The number of fused-ring (bicyclic) bond motifs is 1. The van der Waals surface area contributed by atoms with E-state index >= 15 is 0 Å². The van der Waals surface area contributed by atoms with Gasteiger partial charge in [0, 0.05) is 48.4 Å². The molecule has 3 heterocycles. The maximum Gasteiger partial charge on any atom is 0.326 e. The van der Waals surface area contributed by atoms with E-state index in [1.54, 1.807) is 6.20 Å². The Bertz CT molecular complexity index is 1320. The lowest BCUT2D eigenvalue weighted by Crippen LogP contribution is -2.60. The number of aliphatic hydroxyl groups excluding tert-OH is 1. The van der Waals surface area contributed by atoms with Crippen molar-refractivity contribution in [2.75, 3.05) is 6.54 Å². The second-order valence-electron chi connectivity index (χ2n) is 9.77. The molecule has 5 unspecified atom stereocenters. The number of para-hydroxylation sites is 1. The smallest absolute Gasteiger partial charge is 0.326 e. The van der Waals surface area contributed by atoms with Crippen LogP contribution < -0.4 is 16.4 Å². The number of hydrogen-bond acceptors (Lipinski definition) is 7. The number of nitrogens with zero attached hydrogens (tertiary/aromatic N) is 2. The molecule has 1 aromatic carbocycles. The first-order chi connectivity index (χ1) is 18.7. The number of carboxylic acid groups (broad SMARTS) is 1. The highest BCUT2D eigenvalue weighted by atomic mass is 16.4. The first kappa shape index (κ1) is 27.8. The van der Waals surface area contributed by atoms with Gasteiger partial charge in [-0.05, 0) is 31.4 Å². The molecule has 1 aliphatic rings. The van der Waals surface area contributed by atoms with Gasteiger partial charge in [0.15, 0.2) is 0 Å². The number of likely N-dealkylation sites (tertiary alicyclic amines) is 1. The van der Waals surface area contributed by atoms with Crippen LogP contribution >= 0.6 is 0 Å². The van der Waals surface area contributed by atoms with E-state index in [0.29, 0.717) is 18.5 Å². The van der Waals surface area contributed by atoms with Crippen LogP contribution in [0.4, 0.5) is 0 Å². The summed E-state index contributed by atoms with van der Waals surface area (Å²) >= 11 is 0. The van der Waals surface area contributed by atoms with Crippen molar-refractivity contribution in [1.29, 1.82) is 0 Å². The van der Waals surface area contributed by atoms with Gasteiger partial charge in [-0.1, -0.05) is 18.2 Å². The molecule has 208 valence electrons. The Morgan fingerprint density at radius 2 is 1.92 bits per heavy atom. The van der Waals surface area contributed by atoms with Gasteiger partial charge in [-0.15, -0.1) is 0 Å². The van der Waals surface area contributed by atoms with Gasteiger partial charge in [0.05, 0.1) is 18.5 Å². The molecule has 3 amide bonds. The largest absolute Gasteiger partial charge is 0.480 e. The summed E-state index contributed by atoms with van der Waals surface area (Å²) in [6.45, 7) is 1.58. The second-order valence-corrected chi connectivity index (χ2v) is 9.77. The normalized spacial score (nSPS) is 18.3. The number of carbonyl (C=O) groups is 4. The molecule has 4 rings (SSSR count). The number of carboxylic acids is 1. The summed E-state index contributed by atoms with van der Waals surface area (Å²) < 4.78 is 0. The Morgan fingerprint density at radius 1 is 1.15 bits per heavy atom. The van der Waals surface area contributed by atoms with Gasteiger partial charge in [-0.2, -0.15) is 0 Å². The summed E-state index contributed by atoms with van der Waals surface area (Å²) in [5.41, 5.74) is 8.19. The fourth-order valence-electron chi connectivity index (χ4n) is 4.86. The fraction of sp³-hybridized carbons (Fsp3) is 0.423. The Balaban J connectivity index is 1.54. The first-order valence-electron chi connectivity index (χ1n) is 12.8. The molecule has 0 saturated carbocycles. The van der Waals surface area contributed by atoms with E-state index in [-0.39, 0.29) is 19.4 Å². The maximum absolute atomic E-state index is 13.6. The van der Waals surface area contributed by atoms with Crippen LogP contribution in [0.1, 0.15) is 31.0 Å². The predicted molar refractivity (Wildman–Crippen MR) is 140 cm³/mol. The number of benzene rings is 1. The molecular formula is C26H33N7O6. The number of rotatable bonds is 11. The summed E-state index contributed by atoms with van der Waals surface area (Å²) in [5.74, 6) is -3.13. The van der Waals surface area contributed by atoms with Crippen LogP contribution in [0.25, 0.3) is 10.9 Å². The van der Waals surface area contributed by atoms with Crippen molar-refractivity contribution in [2.45, 2.75) is 62.9 Å². The molecule has 0 spiro atoms. The molecule has 0 bridgehead atoms. The van der Waals surface area contributed by atoms with Crippen molar-refractivity contribution in [3.05, 3.63) is 54.2 Å². The molecule has 5 atom stereocenters. The number of amides is 3. The third kappa shape index (κ3) is 6.44. The van der Waals surface area contributed by atoms with Gasteiger partial charge in [-0.25, -0.2) is 9.78 Å². The highest BCUT2D eigenvalue weighted by molar-refractivity contribution is 5.95. The molecule has 1 saturated heterocycles. The number of aromatic amines is 2. The van der Waals surface area contributed by atoms with E-state index in [1.165, 1.54) is 24.3 Å². The summed E-state index contributed by atoms with van der Waals surface area (Å²) in [7, 11) is 0. The molecular weight excluding hydrogens is 506 g/mol. The minimum Gasteiger partial charge on any atom is -0.480 e. The number of aliphatic hydroxyl groups is 1. The van der Waals surface area contributed by atoms with Crippen LogP contribution in [-0.4, -0.2) is 90.6 Å². The van der Waals surface area contributed by atoms with Crippen LogP contribution in [0.5, 0.6) is 0 Å².